The van der Waals surface area contributed by atoms with E-state index in [9.17, 15) is 4.79 Å². The first-order valence-corrected chi connectivity index (χ1v) is 9.63. The highest BCUT2D eigenvalue weighted by Crippen LogP contribution is 2.52. The van der Waals surface area contributed by atoms with E-state index in [0.29, 0.717) is 18.1 Å². The Bertz CT molecular complexity index is 921. The average molecular weight is 379 g/mol. The highest BCUT2D eigenvalue weighted by molar-refractivity contribution is 5.90. The molecule has 0 amide bonds. The maximum absolute atomic E-state index is 12.2. The van der Waals surface area contributed by atoms with Crippen molar-refractivity contribution in [2.45, 2.75) is 25.3 Å². The molecule has 1 aliphatic carbocycles. The first-order chi connectivity index (χ1) is 13.7. The minimum Gasteiger partial charge on any atom is -0.493 e. The molecule has 1 heterocycles. The summed E-state index contributed by atoms with van der Waals surface area (Å²) in [5, 5.41) is 3.68. The summed E-state index contributed by atoms with van der Waals surface area (Å²) in [7, 11) is 3.33. The maximum atomic E-state index is 12.2. The van der Waals surface area contributed by atoms with Crippen LogP contribution in [0.4, 0.5) is 5.69 Å². The van der Waals surface area contributed by atoms with Crippen molar-refractivity contribution in [2.75, 3.05) is 26.1 Å². The highest BCUT2D eigenvalue weighted by atomic mass is 16.5. The normalized spacial score (nSPS) is 22.0. The lowest BCUT2D eigenvalue weighted by molar-refractivity contribution is 0.0526. The lowest BCUT2D eigenvalue weighted by Gasteiger charge is -2.38. The molecular formula is C23H25NO4. The summed E-state index contributed by atoms with van der Waals surface area (Å²) < 4.78 is 16.4. The number of nitrogens with one attached hydrogen (secondary N) is 1. The number of carbonyl (C=O) groups excluding carboxylic acids is 1. The Labute approximate surface area is 165 Å². The van der Waals surface area contributed by atoms with Crippen molar-refractivity contribution in [2.24, 2.45) is 5.92 Å². The van der Waals surface area contributed by atoms with E-state index in [0.717, 1.165) is 34.7 Å². The maximum Gasteiger partial charge on any atom is 0.338 e. The van der Waals surface area contributed by atoms with Gasteiger partial charge in [0.15, 0.2) is 11.5 Å². The topological polar surface area (TPSA) is 56.8 Å². The van der Waals surface area contributed by atoms with Gasteiger partial charge in [-0.05, 0) is 49.1 Å². The number of hydrogen-bond acceptors (Lipinski definition) is 5. The third-order valence-electron chi connectivity index (χ3n) is 5.64. The van der Waals surface area contributed by atoms with E-state index < -0.39 is 0 Å². The Morgan fingerprint density at radius 1 is 1.14 bits per heavy atom. The van der Waals surface area contributed by atoms with Gasteiger partial charge >= 0.3 is 5.97 Å². The van der Waals surface area contributed by atoms with Crippen LogP contribution in [0.3, 0.4) is 0 Å². The number of para-hydroxylation sites is 1. The number of benzene rings is 2. The smallest absolute Gasteiger partial charge is 0.338 e. The van der Waals surface area contributed by atoms with Gasteiger partial charge < -0.3 is 19.5 Å². The number of methoxy groups -OCH3 is 2. The fraction of sp³-hybridized carbons (Fsp3) is 0.348. The van der Waals surface area contributed by atoms with Crippen LogP contribution in [0.2, 0.25) is 0 Å². The fourth-order valence-corrected chi connectivity index (χ4v) is 4.40. The second-order valence-corrected chi connectivity index (χ2v) is 7.08. The number of fused-ring (bicyclic) bond motifs is 3. The molecule has 1 N–H and O–H groups in total. The Balaban J connectivity index is 1.75. The second-order valence-electron chi connectivity index (χ2n) is 7.08. The Morgan fingerprint density at radius 2 is 2.00 bits per heavy atom. The van der Waals surface area contributed by atoms with Gasteiger partial charge in [-0.15, -0.1) is 0 Å². The van der Waals surface area contributed by atoms with Crippen LogP contribution < -0.4 is 14.8 Å². The summed E-state index contributed by atoms with van der Waals surface area (Å²) in [6, 6.07) is 11.8. The molecule has 28 heavy (non-hydrogen) atoms. The molecular weight excluding hydrogens is 354 g/mol. The van der Waals surface area contributed by atoms with Gasteiger partial charge in [0.2, 0.25) is 0 Å². The number of esters is 1. The van der Waals surface area contributed by atoms with E-state index in [-0.39, 0.29) is 17.9 Å². The summed E-state index contributed by atoms with van der Waals surface area (Å²) in [5.74, 6) is 1.80. The van der Waals surface area contributed by atoms with Crippen molar-refractivity contribution in [3.63, 3.8) is 0 Å². The molecule has 0 saturated carbocycles. The molecule has 2 aromatic carbocycles. The van der Waals surface area contributed by atoms with Crippen molar-refractivity contribution in [3.05, 3.63) is 65.2 Å². The standard InChI is InChI=1S/C23H25NO4/c1-4-28-23(25)14-11-12-19-18(13-14)15-7-5-8-16(15)21(24-19)17-9-6-10-20(26-2)22(17)27-3/h5-7,9-13,15-16,21,24H,4,8H2,1-3H3/t15-,16-,21-/m1/s1. The highest BCUT2D eigenvalue weighted by Gasteiger charge is 2.39. The largest absolute Gasteiger partial charge is 0.493 e. The average Bonchev–Trinajstić information content (AvgIpc) is 3.22. The van der Waals surface area contributed by atoms with E-state index in [4.69, 9.17) is 14.2 Å². The SMILES string of the molecule is CCOC(=O)c1ccc2c(c1)[C@@H]1C=CC[C@H]1[C@H](c1cccc(OC)c1OC)N2. The number of carbonyl (C=O) groups is 1. The van der Waals surface area contributed by atoms with Crippen LogP contribution in [-0.4, -0.2) is 26.8 Å². The summed E-state index contributed by atoms with van der Waals surface area (Å²) in [5.41, 5.74) is 3.86. The quantitative estimate of drug-likeness (QED) is 0.602. The fourth-order valence-electron chi connectivity index (χ4n) is 4.40. The Kier molecular flexibility index (Phi) is 4.99. The van der Waals surface area contributed by atoms with Gasteiger partial charge in [0, 0.05) is 17.2 Å². The summed E-state index contributed by atoms with van der Waals surface area (Å²) >= 11 is 0. The van der Waals surface area contributed by atoms with Crippen LogP contribution in [0.1, 0.15) is 46.8 Å². The number of hydrogen-bond donors (Lipinski definition) is 1. The van der Waals surface area contributed by atoms with Crippen LogP contribution >= 0.6 is 0 Å². The van der Waals surface area contributed by atoms with Gasteiger partial charge in [-0.3, -0.25) is 0 Å². The van der Waals surface area contributed by atoms with Gasteiger partial charge in [0.05, 0.1) is 32.4 Å². The molecule has 3 atom stereocenters. The number of anilines is 1. The number of rotatable bonds is 5. The Hall–Kier alpha value is -2.95. The molecule has 0 bridgehead atoms. The van der Waals surface area contributed by atoms with E-state index in [1.807, 2.05) is 37.3 Å². The summed E-state index contributed by atoms with van der Waals surface area (Å²) in [6.45, 7) is 2.19. The van der Waals surface area contributed by atoms with Crippen molar-refractivity contribution in [3.8, 4) is 11.5 Å². The zero-order valence-corrected chi connectivity index (χ0v) is 16.4. The van der Waals surface area contributed by atoms with E-state index in [2.05, 4.69) is 23.5 Å². The lowest BCUT2D eigenvalue weighted by Crippen LogP contribution is -2.29. The van der Waals surface area contributed by atoms with Crippen LogP contribution in [0.25, 0.3) is 0 Å². The molecule has 2 aromatic rings. The monoisotopic (exact) mass is 379 g/mol. The number of allylic oxidation sites excluding steroid dienone is 2. The molecule has 0 spiro atoms. The zero-order valence-electron chi connectivity index (χ0n) is 16.4. The minimum absolute atomic E-state index is 0.0889. The lowest BCUT2D eigenvalue weighted by atomic mass is 9.76. The minimum atomic E-state index is -0.277. The third kappa shape index (κ3) is 3.01. The van der Waals surface area contributed by atoms with Gasteiger partial charge in [-0.25, -0.2) is 4.79 Å². The molecule has 0 aromatic heterocycles. The molecule has 2 aliphatic rings. The van der Waals surface area contributed by atoms with Crippen LogP contribution in [0.5, 0.6) is 11.5 Å². The molecule has 0 fully saturated rings. The predicted molar refractivity (Wildman–Crippen MR) is 108 cm³/mol. The van der Waals surface area contributed by atoms with Gasteiger partial charge in [-0.2, -0.15) is 0 Å². The summed E-state index contributed by atoms with van der Waals surface area (Å²) in [6.07, 6.45) is 5.44. The van der Waals surface area contributed by atoms with E-state index in [1.54, 1.807) is 14.2 Å². The van der Waals surface area contributed by atoms with Crippen molar-refractivity contribution in [1.82, 2.24) is 0 Å². The van der Waals surface area contributed by atoms with Gasteiger partial charge in [-0.1, -0.05) is 24.3 Å². The third-order valence-corrected chi connectivity index (χ3v) is 5.64. The predicted octanol–water partition coefficient (Wildman–Crippen LogP) is 4.71. The Morgan fingerprint density at radius 3 is 2.75 bits per heavy atom. The van der Waals surface area contributed by atoms with Gasteiger partial charge in [0.25, 0.3) is 0 Å². The van der Waals surface area contributed by atoms with Gasteiger partial charge in [0.1, 0.15) is 0 Å². The molecule has 4 rings (SSSR count). The summed E-state index contributed by atoms with van der Waals surface area (Å²) in [4.78, 5) is 12.2. The zero-order chi connectivity index (χ0) is 19.7. The van der Waals surface area contributed by atoms with Crippen molar-refractivity contribution >= 4 is 11.7 Å². The van der Waals surface area contributed by atoms with Crippen LogP contribution in [0, 0.1) is 5.92 Å². The first-order valence-electron chi connectivity index (χ1n) is 9.63. The molecule has 0 unspecified atom stereocenters. The van der Waals surface area contributed by atoms with Crippen molar-refractivity contribution in [1.29, 1.82) is 0 Å². The van der Waals surface area contributed by atoms with Crippen LogP contribution in [-0.2, 0) is 4.74 Å². The molecule has 5 heteroatoms. The number of ether oxygens (including phenoxy) is 3. The van der Waals surface area contributed by atoms with E-state index >= 15 is 0 Å². The molecule has 0 saturated heterocycles. The molecule has 1 aliphatic heterocycles. The van der Waals surface area contributed by atoms with E-state index in [1.165, 1.54) is 0 Å². The van der Waals surface area contributed by atoms with Crippen molar-refractivity contribution < 1.29 is 19.0 Å². The molecule has 0 radical (unpaired) electrons. The molecule has 146 valence electrons. The van der Waals surface area contributed by atoms with Crippen LogP contribution in [0.15, 0.2) is 48.6 Å². The first kappa shape index (κ1) is 18.4. The second kappa shape index (κ2) is 7.58. The molecule has 5 nitrogen and oxygen atoms in total.